The molecule has 3 heteroatoms. The molecule has 100 valence electrons. The number of benzene rings is 2. The number of nitrogens with zero attached hydrogens (tertiary/aromatic N) is 1. The van der Waals surface area contributed by atoms with Crippen molar-refractivity contribution in [2.24, 2.45) is 0 Å². The van der Waals surface area contributed by atoms with E-state index < -0.39 is 0 Å². The van der Waals surface area contributed by atoms with Gasteiger partial charge in [0.05, 0.1) is 0 Å². The van der Waals surface area contributed by atoms with Crippen molar-refractivity contribution in [2.45, 2.75) is 13.0 Å². The smallest absolute Gasteiger partial charge is 0.0485 e. The van der Waals surface area contributed by atoms with Gasteiger partial charge in [0, 0.05) is 36.5 Å². The molecule has 0 amide bonds. The van der Waals surface area contributed by atoms with Crippen molar-refractivity contribution < 1.29 is 0 Å². The molecule has 0 aliphatic rings. The van der Waals surface area contributed by atoms with E-state index in [2.05, 4.69) is 41.4 Å². The van der Waals surface area contributed by atoms with E-state index in [9.17, 15) is 0 Å². The summed E-state index contributed by atoms with van der Waals surface area (Å²) in [6.07, 6.45) is 0. The summed E-state index contributed by atoms with van der Waals surface area (Å²) in [6.45, 7) is 2.14. The highest BCUT2D eigenvalue weighted by molar-refractivity contribution is 6.30. The first kappa shape index (κ1) is 13.8. The number of rotatable bonds is 4. The maximum Gasteiger partial charge on any atom is 0.0485 e. The topological polar surface area (TPSA) is 15.3 Å². The van der Waals surface area contributed by atoms with Gasteiger partial charge in [-0.05, 0) is 48.9 Å². The average Bonchev–Trinajstić information content (AvgIpc) is 2.40. The second kappa shape index (κ2) is 5.98. The van der Waals surface area contributed by atoms with Crippen molar-refractivity contribution >= 4 is 23.0 Å². The molecule has 2 rings (SSSR count). The zero-order valence-corrected chi connectivity index (χ0v) is 12.3. The van der Waals surface area contributed by atoms with E-state index >= 15 is 0 Å². The lowest BCUT2D eigenvalue weighted by atomic mass is 10.1. The first-order valence-electron chi connectivity index (χ1n) is 6.35. The molecule has 0 saturated carbocycles. The lowest BCUT2D eigenvalue weighted by molar-refractivity contribution is 0.885. The highest BCUT2D eigenvalue weighted by Gasteiger charge is 2.05. The molecule has 0 radical (unpaired) electrons. The number of anilines is 2. The minimum Gasteiger partial charge on any atom is -0.379 e. The summed E-state index contributed by atoms with van der Waals surface area (Å²) < 4.78 is 0. The number of nitrogens with one attached hydrogen (secondary N) is 1. The molecule has 1 N–H and O–H groups in total. The molecule has 0 aromatic heterocycles. The van der Waals surface area contributed by atoms with Gasteiger partial charge in [-0.25, -0.2) is 0 Å². The van der Waals surface area contributed by atoms with Crippen molar-refractivity contribution in [3.8, 4) is 0 Å². The van der Waals surface area contributed by atoms with Gasteiger partial charge in [0.1, 0.15) is 0 Å². The van der Waals surface area contributed by atoms with Crippen LogP contribution in [0.5, 0.6) is 0 Å². The highest BCUT2D eigenvalue weighted by Crippen LogP contribution is 2.22. The minimum atomic E-state index is 0.252. The summed E-state index contributed by atoms with van der Waals surface area (Å²) in [4.78, 5) is 2.09. The van der Waals surface area contributed by atoms with Gasteiger partial charge in [-0.1, -0.05) is 23.7 Å². The zero-order chi connectivity index (χ0) is 13.8. The van der Waals surface area contributed by atoms with Crippen LogP contribution in [-0.2, 0) is 0 Å². The zero-order valence-electron chi connectivity index (χ0n) is 11.5. The number of halogens is 1. The van der Waals surface area contributed by atoms with Crippen molar-refractivity contribution in [3.05, 3.63) is 59.1 Å². The van der Waals surface area contributed by atoms with Gasteiger partial charge >= 0.3 is 0 Å². The Bertz CT molecular complexity index is 517. The molecule has 2 aromatic carbocycles. The standard InChI is InChI=1S/C16H19ClN2/c1-12(13-4-6-14(17)7-5-13)18-15-8-10-16(11-9-15)19(2)3/h4-12,18H,1-3H3. The van der Waals surface area contributed by atoms with E-state index in [-0.39, 0.29) is 6.04 Å². The predicted octanol–water partition coefficient (Wildman–Crippen LogP) is 4.58. The Balaban J connectivity index is 2.06. The third-order valence-electron chi connectivity index (χ3n) is 3.14. The van der Waals surface area contributed by atoms with Crippen LogP contribution in [0.25, 0.3) is 0 Å². The summed E-state index contributed by atoms with van der Waals surface area (Å²) in [5.74, 6) is 0. The fraction of sp³-hybridized carbons (Fsp3) is 0.250. The van der Waals surface area contributed by atoms with Crippen molar-refractivity contribution in [2.75, 3.05) is 24.3 Å². The normalized spacial score (nSPS) is 12.0. The Morgan fingerprint density at radius 2 is 1.53 bits per heavy atom. The Hall–Kier alpha value is -1.67. The van der Waals surface area contributed by atoms with E-state index in [1.54, 1.807) is 0 Å². The minimum absolute atomic E-state index is 0.252. The first-order valence-corrected chi connectivity index (χ1v) is 6.73. The molecule has 1 atom stereocenters. The quantitative estimate of drug-likeness (QED) is 0.878. The van der Waals surface area contributed by atoms with E-state index in [0.29, 0.717) is 0 Å². The largest absolute Gasteiger partial charge is 0.379 e. The fourth-order valence-corrected chi connectivity index (χ4v) is 2.07. The van der Waals surface area contributed by atoms with E-state index in [1.807, 2.05) is 38.4 Å². The molecule has 0 bridgehead atoms. The Labute approximate surface area is 120 Å². The van der Waals surface area contributed by atoms with Crippen LogP contribution < -0.4 is 10.2 Å². The van der Waals surface area contributed by atoms with Crippen LogP contribution in [0.1, 0.15) is 18.5 Å². The van der Waals surface area contributed by atoms with Crippen molar-refractivity contribution in [1.82, 2.24) is 0 Å². The van der Waals surface area contributed by atoms with Gasteiger partial charge in [0.2, 0.25) is 0 Å². The Morgan fingerprint density at radius 1 is 0.947 bits per heavy atom. The van der Waals surface area contributed by atoms with Crippen LogP contribution in [0, 0.1) is 0 Å². The van der Waals surface area contributed by atoms with Crippen molar-refractivity contribution in [3.63, 3.8) is 0 Å². The maximum atomic E-state index is 5.90. The molecule has 0 aliphatic carbocycles. The van der Waals surface area contributed by atoms with Crippen LogP contribution in [0.3, 0.4) is 0 Å². The number of hydrogen-bond donors (Lipinski definition) is 1. The second-order valence-corrected chi connectivity index (χ2v) is 5.30. The summed E-state index contributed by atoms with van der Waals surface area (Å²) in [5.41, 5.74) is 3.54. The average molecular weight is 275 g/mol. The summed E-state index contributed by atoms with van der Waals surface area (Å²) in [5, 5.41) is 4.25. The van der Waals surface area contributed by atoms with Gasteiger partial charge in [0.15, 0.2) is 0 Å². The Kier molecular flexibility index (Phi) is 4.33. The van der Waals surface area contributed by atoms with Crippen LogP contribution in [0.2, 0.25) is 5.02 Å². The van der Waals surface area contributed by atoms with Crippen LogP contribution in [0.15, 0.2) is 48.5 Å². The molecule has 0 saturated heterocycles. The van der Waals surface area contributed by atoms with Crippen LogP contribution in [0.4, 0.5) is 11.4 Å². The SMILES string of the molecule is CC(Nc1ccc(N(C)C)cc1)c1ccc(Cl)cc1. The summed E-state index contributed by atoms with van der Waals surface area (Å²) >= 11 is 5.90. The third-order valence-corrected chi connectivity index (χ3v) is 3.39. The molecule has 2 nitrogen and oxygen atoms in total. The third kappa shape index (κ3) is 3.65. The van der Waals surface area contributed by atoms with E-state index in [4.69, 9.17) is 11.6 Å². The monoisotopic (exact) mass is 274 g/mol. The second-order valence-electron chi connectivity index (χ2n) is 4.86. The molecule has 0 spiro atoms. The van der Waals surface area contributed by atoms with Crippen LogP contribution in [-0.4, -0.2) is 14.1 Å². The molecular weight excluding hydrogens is 256 g/mol. The molecule has 1 unspecified atom stereocenters. The molecular formula is C16H19ClN2. The van der Waals surface area contributed by atoms with Gasteiger partial charge in [-0.15, -0.1) is 0 Å². The van der Waals surface area contributed by atoms with E-state index in [1.165, 1.54) is 11.3 Å². The summed E-state index contributed by atoms with van der Waals surface area (Å²) in [7, 11) is 4.08. The molecule has 2 aromatic rings. The predicted molar refractivity (Wildman–Crippen MR) is 84.3 cm³/mol. The van der Waals surface area contributed by atoms with Gasteiger partial charge in [-0.3, -0.25) is 0 Å². The van der Waals surface area contributed by atoms with Gasteiger partial charge in [-0.2, -0.15) is 0 Å². The lowest BCUT2D eigenvalue weighted by Gasteiger charge is -2.17. The fourth-order valence-electron chi connectivity index (χ4n) is 1.94. The highest BCUT2D eigenvalue weighted by atomic mass is 35.5. The summed E-state index contributed by atoms with van der Waals surface area (Å²) in [6, 6.07) is 16.6. The molecule has 0 heterocycles. The molecule has 0 fully saturated rings. The first-order chi connectivity index (χ1) is 9.06. The molecule has 19 heavy (non-hydrogen) atoms. The maximum absolute atomic E-state index is 5.90. The van der Waals surface area contributed by atoms with Gasteiger partial charge in [0.25, 0.3) is 0 Å². The van der Waals surface area contributed by atoms with E-state index in [0.717, 1.165) is 10.7 Å². The molecule has 0 aliphatic heterocycles. The lowest BCUT2D eigenvalue weighted by Crippen LogP contribution is -2.09. The Morgan fingerprint density at radius 3 is 2.05 bits per heavy atom. The number of hydrogen-bond acceptors (Lipinski definition) is 2. The van der Waals surface area contributed by atoms with Crippen LogP contribution >= 0.6 is 11.6 Å². The van der Waals surface area contributed by atoms with Gasteiger partial charge < -0.3 is 10.2 Å². The van der Waals surface area contributed by atoms with Crippen molar-refractivity contribution in [1.29, 1.82) is 0 Å².